The van der Waals surface area contributed by atoms with Crippen molar-refractivity contribution in [2.45, 2.75) is 0 Å². The van der Waals surface area contributed by atoms with Crippen molar-refractivity contribution in [3.8, 4) is 22.8 Å². The van der Waals surface area contributed by atoms with E-state index in [0.717, 1.165) is 28.0 Å². The number of nitro groups is 1. The van der Waals surface area contributed by atoms with E-state index in [9.17, 15) is 10.1 Å². The summed E-state index contributed by atoms with van der Waals surface area (Å²) >= 11 is 0. The van der Waals surface area contributed by atoms with E-state index in [4.69, 9.17) is 4.42 Å². The average molecular weight is 368 g/mol. The van der Waals surface area contributed by atoms with Gasteiger partial charge in [-0.05, 0) is 35.4 Å². The topological polar surface area (TPSA) is 69.2 Å². The molecule has 0 amide bonds. The first kappa shape index (κ1) is 17.4. The van der Waals surface area contributed by atoms with E-state index in [-0.39, 0.29) is 5.69 Å². The Bertz CT molecular complexity index is 1110. The molecule has 0 radical (unpaired) electrons. The van der Waals surface area contributed by atoms with Crippen LogP contribution in [0.4, 0.5) is 5.69 Å². The SMILES string of the molecule is O=[N+]([O-])c1ccc(C=Cc2ccc(-c3ncc(-c4ccccc4)o3)cc2)cc1. The fourth-order valence-corrected chi connectivity index (χ4v) is 2.78. The minimum absolute atomic E-state index is 0.0855. The van der Waals surface area contributed by atoms with Crippen molar-refractivity contribution in [1.29, 1.82) is 0 Å². The minimum Gasteiger partial charge on any atom is -0.436 e. The van der Waals surface area contributed by atoms with Crippen LogP contribution in [0.2, 0.25) is 0 Å². The lowest BCUT2D eigenvalue weighted by Crippen LogP contribution is -1.86. The maximum Gasteiger partial charge on any atom is 0.269 e. The highest BCUT2D eigenvalue weighted by Crippen LogP contribution is 2.26. The van der Waals surface area contributed by atoms with Gasteiger partial charge in [0.2, 0.25) is 5.89 Å². The van der Waals surface area contributed by atoms with Crippen molar-refractivity contribution in [1.82, 2.24) is 4.98 Å². The van der Waals surface area contributed by atoms with E-state index in [1.165, 1.54) is 12.1 Å². The molecule has 3 aromatic carbocycles. The Morgan fingerprint density at radius 3 is 2.00 bits per heavy atom. The Labute approximate surface area is 161 Å². The Balaban J connectivity index is 1.48. The molecule has 0 aliphatic heterocycles. The van der Waals surface area contributed by atoms with Gasteiger partial charge in [0, 0.05) is 23.3 Å². The van der Waals surface area contributed by atoms with Gasteiger partial charge in [-0.3, -0.25) is 10.1 Å². The van der Waals surface area contributed by atoms with Crippen molar-refractivity contribution in [2.24, 2.45) is 0 Å². The summed E-state index contributed by atoms with van der Waals surface area (Å²) in [6, 6.07) is 24.1. The Hall–Kier alpha value is -3.99. The van der Waals surface area contributed by atoms with Crippen molar-refractivity contribution in [3.05, 3.63) is 106 Å². The molecule has 5 nitrogen and oxygen atoms in total. The number of oxazole rings is 1. The summed E-state index contributed by atoms with van der Waals surface area (Å²) in [5.74, 6) is 1.31. The third-order valence-electron chi connectivity index (χ3n) is 4.29. The fourth-order valence-electron chi connectivity index (χ4n) is 2.78. The monoisotopic (exact) mass is 368 g/mol. The molecule has 0 unspecified atom stereocenters. The first-order valence-corrected chi connectivity index (χ1v) is 8.73. The number of benzene rings is 3. The van der Waals surface area contributed by atoms with E-state index in [1.54, 1.807) is 18.3 Å². The number of non-ortho nitro benzene ring substituents is 1. The van der Waals surface area contributed by atoms with Crippen LogP contribution in [-0.2, 0) is 0 Å². The van der Waals surface area contributed by atoms with Crippen LogP contribution < -0.4 is 0 Å². The summed E-state index contributed by atoms with van der Waals surface area (Å²) in [7, 11) is 0. The van der Waals surface area contributed by atoms with Crippen molar-refractivity contribution in [2.75, 3.05) is 0 Å². The number of hydrogen-bond acceptors (Lipinski definition) is 4. The lowest BCUT2D eigenvalue weighted by molar-refractivity contribution is -0.384. The largest absolute Gasteiger partial charge is 0.436 e. The minimum atomic E-state index is -0.405. The molecule has 4 aromatic rings. The van der Waals surface area contributed by atoms with Crippen LogP contribution in [0.15, 0.2) is 89.5 Å². The molecule has 5 heteroatoms. The molecule has 0 bridgehead atoms. The zero-order chi connectivity index (χ0) is 19.3. The van der Waals surface area contributed by atoms with E-state index in [0.29, 0.717) is 5.89 Å². The standard InChI is InChI=1S/C23H16N2O3/c26-25(27)21-14-10-18(11-15-21)7-6-17-8-12-20(13-9-17)23-24-16-22(28-23)19-4-2-1-3-5-19/h1-16H. The molecule has 0 spiro atoms. The van der Waals surface area contributed by atoms with Crippen LogP contribution >= 0.6 is 0 Å². The molecule has 28 heavy (non-hydrogen) atoms. The van der Waals surface area contributed by atoms with Gasteiger partial charge in [-0.2, -0.15) is 0 Å². The van der Waals surface area contributed by atoms with Crippen LogP contribution in [0, 0.1) is 10.1 Å². The zero-order valence-electron chi connectivity index (χ0n) is 14.9. The first-order valence-electron chi connectivity index (χ1n) is 8.73. The molecule has 0 aliphatic rings. The maximum atomic E-state index is 10.7. The molecule has 136 valence electrons. The normalized spacial score (nSPS) is 11.0. The van der Waals surface area contributed by atoms with E-state index in [1.807, 2.05) is 66.7 Å². The predicted molar refractivity (Wildman–Crippen MR) is 109 cm³/mol. The predicted octanol–water partition coefficient (Wildman–Crippen LogP) is 6.09. The van der Waals surface area contributed by atoms with Gasteiger partial charge in [0.25, 0.3) is 5.69 Å². The van der Waals surface area contributed by atoms with Gasteiger partial charge in [0.05, 0.1) is 11.1 Å². The lowest BCUT2D eigenvalue weighted by Gasteiger charge is -1.99. The van der Waals surface area contributed by atoms with Crippen LogP contribution in [0.1, 0.15) is 11.1 Å². The third-order valence-corrected chi connectivity index (χ3v) is 4.29. The number of nitrogens with zero attached hydrogens (tertiary/aromatic N) is 2. The van der Waals surface area contributed by atoms with E-state index < -0.39 is 4.92 Å². The van der Waals surface area contributed by atoms with Crippen molar-refractivity contribution >= 4 is 17.8 Å². The molecule has 0 saturated heterocycles. The number of rotatable bonds is 5. The quantitative estimate of drug-likeness (QED) is 0.243. The Morgan fingerprint density at radius 2 is 1.39 bits per heavy atom. The highest BCUT2D eigenvalue weighted by molar-refractivity contribution is 5.71. The van der Waals surface area contributed by atoms with Crippen LogP contribution in [0.25, 0.3) is 34.9 Å². The number of aromatic nitrogens is 1. The molecule has 1 heterocycles. The number of nitro benzene ring substituents is 1. The summed E-state index contributed by atoms with van der Waals surface area (Å²) in [5.41, 5.74) is 3.88. The first-order chi connectivity index (χ1) is 13.7. The third kappa shape index (κ3) is 3.88. The summed E-state index contributed by atoms with van der Waals surface area (Å²) in [4.78, 5) is 14.7. The molecule has 4 rings (SSSR count). The van der Waals surface area contributed by atoms with Crippen molar-refractivity contribution in [3.63, 3.8) is 0 Å². The van der Waals surface area contributed by atoms with Crippen molar-refractivity contribution < 1.29 is 9.34 Å². The van der Waals surface area contributed by atoms with E-state index >= 15 is 0 Å². The highest BCUT2D eigenvalue weighted by atomic mass is 16.6. The van der Waals surface area contributed by atoms with Gasteiger partial charge < -0.3 is 4.42 Å². The second-order valence-electron chi connectivity index (χ2n) is 6.20. The zero-order valence-corrected chi connectivity index (χ0v) is 14.9. The second kappa shape index (κ2) is 7.72. The Kier molecular flexibility index (Phi) is 4.80. The van der Waals surface area contributed by atoms with Crippen LogP contribution in [-0.4, -0.2) is 9.91 Å². The van der Waals surface area contributed by atoms with E-state index in [2.05, 4.69) is 4.98 Å². The highest BCUT2D eigenvalue weighted by Gasteiger charge is 2.08. The summed E-state index contributed by atoms with van der Waals surface area (Å²) < 4.78 is 5.87. The fraction of sp³-hybridized carbons (Fsp3) is 0. The van der Waals surface area contributed by atoms with Gasteiger partial charge in [0.1, 0.15) is 0 Å². The summed E-state index contributed by atoms with van der Waals surface area (Å²) in [5, 5.41) is 10.7. The average Bonchev–Trinajstić information content (AvgIpc) is 3.24. The van der Waals surface area contributed by atoms with Gasteiger partial charge >= 0.3 is 0 Å². The van der Waals surface area contributed by atoms with Gasteiger partial charge in [0.15, 0.2) is 5.76 Å². The molecule has 0 aliphatic carbocycles. The second-order valence-corrected chi connectivity index (χ2v) is 6.20. The molecular weight excluding hydrogens is 352 g/mol. The maximum absolute atomic E-state index is 10.7. The molecule has 0 N–H and O–H groups in total. The van der Waals surface area contributed by atoms with Gasteiger partial charge in [-0.15, -0.1) is 0 Å². The molecule has 0 atom stereocenters. The lowest BCUT2D eigenvalue weighted by atomic mass is 10.1. The Morgan fingerprint density at radius 1 is 0.786 bits per heavy atom. The summed E-state index contributed by atoms with van der Waals surface area (Å²) in [6.45, 7) is 0. The van der Waals surface area contributed by atoms with Gasteiger partial charge in [-0.1, -0.05) is 54.6 Å². The smallest absolute Gasteiger partial charge is 0.269 e. The summed E-state index contributed by atoms with van der Waals surface area (Å²) in [6.07, 6.45) is 5.60. The molecular formula is C23H16N2O3. The number of hydrogen-bond donors (Lipinski definition) is 0. The van der Waals surface area contributed by atoms with Gasteiger partial charge in [-0.25, -0.2) is 4.98 Å². The van der Waals surface area contributed by atoms with Crippen LogP contribution in [0.3, 0.4) is 0 Å². The van der Waals surface area contributed by atoms with Crippen LogP contribution in [0.5, 0.6) is 0 Å². The molecule has 0 fully saturated rings. The molecule has 1 aromatic heterocycles. The molecule has 0 saturated carbocycles.